The van der Waals surface area contributed by atoms with Crippen molar-refractivity contribution in [1.82, 2.24) is 0 Å². The van der Waals surface area contributed by atoms with Crippen LogP contribution in [0.15, 0.2) is 18.2 Å². The summed E-state index contributed by atoms with van der Waals surface area (Å²) in [4.78, 5) is 0. The second-order valence-corrected chi connectivity index (χ2v) is 5.15. The van der Waals surface area contributed by atoms with Gasteiger partial charge in [-0.15, -0.1) is 0 Å². The molecule has 0 saturated carbocycles. The van der Waals surface area contributed by atoms with E-state index in [0.717, 1.165) is 5.69 Å². The molecule has 1 aromatic carbocycles. The molecule has 0 spiro atoms. The first-order valence-corrected chi connectivity index (χ1v) is 5.68. The number of methoxy groups -OCH3 is 1. The molecule has 3 nitrogen and oxygen atoms in total. The number of halogens is 1. The maximum Gasteiger partial charge on any atom is 0.165 e. The molecule has 0 aliphatic rings. The average Bonchev–Trinajstić information content (AvgIpc) is 2.26. The highest BCUT2D eigenvalue weighted by Crippen LogP contribution is 2.26. The smallest absolute Gasteiger partial charge is 0.165 e. The summed E-state index contributed by atoms with van der Waals surface area (Å²) >= 11 is 0. The Balaban J connectivity index is 2.87. The Morgan fingerprint density at radius 3 is 2.53 bits per heavy atom. The third kappa shape index (κ3) is 3.60. The number of anilines is 1. The Bertz CT molecular complexity index is 374. The number of benzene rings is 1. The first-order valence-electron chi connectivity index (χ1n) is 5.68. The summed E-state index contributed by atoms with van der Waals surface area (Å²) in [6.07, 6.45) is 0. The third-order valence-corrected chi connectivity index (χ3v) is 2.77. The summed E-state index contributed by atoms with van der Waals surface area (Å²) in [7, 11) is 1.45. The van der Waals surface area contributed by atoms with E-state index in [0.29, 0.717) is 6.54 Å². The Morgan fingerprint density at radius 2 is 2.06 bits per heavy atom. The summed E-state index contributed by atoms with van der Waals surface area (Å²) in [5.41, 5.74) is 6.59. The standard InChI is InChI=1S/C13H21FN2O/c1-13(2,3)12(8-15)16-9-5-6-10(14)11(7-9)17-4/h5-7,12,16H,8,15H2,1-4H3. The Hall–Kier alpha value is -1.29. The van der Waals surface area contributed by atoms with E-state index < -0.39 is 0 Å². The van der Waals surface area contributed by atoms with Crippen LogP contribution in [0, 0.1) is 11.2 Å². The summed E-state index contributed by atoms with van der Waals surface area (Å²) in [6.45, 7) is 6.85. The van der Waals surface area contributed by atoms with E-state index in [1.807, 2.05) is 0 Å². The van der Waals surface area contributed by atoms with Crippen LogP contribution in [0.4, 0.5) is 10.1 Å². The average molecular weight is 240 g/mol. The van der Waals surface area contributed by atoms with Crippen molar-refractivity contribution in [2.45, 2.75) is 26.8 Å². The molecule has 0 fully saturated rings. The molecule has 0 saturated heterocycles. The van der Waals surface area contributed by atoms with Gasteiger partial charge in [0.2, 0.25) is 0 Å². The topological polar surface area (TPSA) is 47.3 Å². The first kappa shape index (κ1) is 13.8. The SMILES string of the molecule is COc1cc(NC(CN)C(C)(C)C)ccc1F. The summed E-state index contributed by atoms with van der Waals surface area (Å²) in [5.74, 6) is -0.127. The van der Waals surface area contributed by atoms with Gasteiger partial charge in [0.05, 0.1) is 7.11 Å². The molecule has 1 atom stereocenters. The van der Waals surface area contributed by atoms with Gasteiger partial charge in [-0.3, -0.25) is 0 Å². The van der Waals surface area contributed by atoms with Gasteiger partial charge < -0.3 is 15.8 Å². The van der Waals surface area contributed by atoms with Crippen LogP contribution in [0.2, 0.25) is 0 Å². The predicted octanol–water partition coefficient (Wildman–Crippen LogP) is 2.62. The summed E-state index contributed by atoms with van der Waals surface area (Å²) in [6, 6.07) is 4.84. The lowest BCUT2D eigenvalue weighted by Crippen LogP contribution is -2.40. The quantitative estimate of drug-likeness (QED) is 0.850. The minimum Gasteiger partial charge on any atom is -0.494 e. The van der Waals surface area contributed by atoms with Gasteiger partial charge in [0, 0.05) is 24.3 Å². The zero-order chi connectivity index (χ0) is 13.1. The van der Waals surface area contributed by atoms with Crippen LogP contribution < -0.4 is 15.8 Å². The van der Waals surface area contributed by atoms with Crippen LogP contribution in [-0.2, 0) is 0 Å². The molecule has 1 aromatic rings. The lowest BCUT2D eigenvalue weighted by atomic mass is 9.86. The minimum atomic E-state index is -0.363. The Morgan fingerprint density at radius 1 is 1.41 bits per heavy atom. The second-order valence-electron chi connectivity index (χ2n) is 5.15. The lowest BCUT2D eigenvalue weighted by Gasteiger charge is -2.31. The predicted molar refractivity (Wildman–Crippen MR) is 68.9 cm³/mol. The highest BCUT2D eigenvalue weighted by Gasteiger charge is 2.23. The van der Waals surface area contributed by atoms with E-state index in [-0.39, 0.29) is 23.0 Å². The fraction of sp³-hybridized carbons (Fsp3) is 0.538. The number of hydrogen-bond donors (Lipinski definition) is 2. The largest absolute Gasteiger partial charge is 0.494 e. The maximum atomic E-state index is 13.2. The van der Waals surface area contributed by atoms with Gasteiger partial charge in [-0.05, 0) is 17.5 Å². The van der Waals surface area contributed by atoms with Gasteiger partial charge in [-0.1, -0.05) is 20.8 Å². The fourth-order valence-electron chi connectivity index (χ4n) is 1.58. The number of hydrogen-bond acceptors (Lipinski definition) is 3. The third-order valence-electron chi connectivity index (χ3n) is 2.77. The van der Waals surface area contributed by atoms with Gasteiger partial charge in [0.15, 0.2) is 11.6 Å². The van der Waals surface area contributed by atoms with Crippen molar-refractivity contribution in [3.63, 3.8) is 0 Å². The van der Waals surface area contributed by atoms with Crippen molar-refractivity contribution in [3.8, 4) is 5.75 Å². The first-order chi connectivity index (χ1) is 7.88. The molecule has 96 valence electrons. The van der Waals surface area contributed by atoms with Crippen molar-refractivity contribution in [3.05, 3.63) is 24.0 Å². The highest BCUT2D eigenvalue weighted by atomic mass is 19.1. The molecular weight excluding hydrogens is 219 g/mol. The van der Waals surface area contributed by atoms with Crippen LogP contribution >= 0.6 is 0 Å². The maximum absolute atomic E-state index is 13.2. The van der Waals surface area contributed by atoms with Gasteiger partial charge in [0.25, 0.3) is 0 Å². The number of rotatable bonds is 4. The van der Waals surface area contributed by atoms with Crippen molar-refractivity contribution in [1.29, 1.82) is 0 Å². The second kappa shape index (κ2) is 5.36. The molecule has 17 heavy (non-hydrogen) atoms. The van der Waals surface area contributed by atoms with Crippen molar-refractivity contribution < 1.29 is 9.13 Å². The van der Waals surface area contributed by atoms with Crippen molar-refractivity contribution in [2.24, 2.45) is 11.1 Å². The van der Waals surface area contributed by atoms with Crippen LogP contribution in [0.25, 0.3) is 0 Å². The monoisotopic (exact) mass is 240 g/mol. The van der Waals surface area contributed by atoms with E-state index in [2.05, 4.69) is 26.1 Å². The molecule has 0 amide bonds. The molecule has 0 aliphatic heterocycles. The van der Waals surface area contributed by atoms with E-state index in [4.69, 9.17) is 10.5 Å². The lowest BCUT2D eigenvalue weighted by molar-refractivity contribution is 0.345. The van der Waals surface area contributed by atoms with E-state index in [1.54, 1.807) is 12.1 Å². The molecule has 0 bridgehead atoms. The molecule has 3 N–H and O–H groups in total. The van der Waals surface area contributed by atoms with Crippen LogP contribution in [0.1, 0.15) is 20.8 Å². The molecule has 0 heterocycles. The molecule has 1 unspecified atom stereocenters. The van der Waals surface area contributed by atoms with E-state index in [9.17, 15) is 4.39 Å². The molecular formula is C13H21FN2O. The fourth-order valence-corrected chi connectivity index (χ4v) is 1.58. The van der Waals surface area contributed by atoms with Gasteiger partial charge >= 0.3 is 0 Å². The Kier molecular flexibility index (Phi) is 4.34. The van der Waals surface area contributed by atoms with Gasteiger partial charge in [0.1, 0.15) is 0 Å². The molecule has 0 aromatic heterocycles. The zero-order valence-corrected chi connectivity index (χ0v) is 10.9. The van der Waals surface area contributed by atoms with E-state index in [1.165, 1.54) is 13.2 Å². The number of ether oxygens (including phenoxy) is 1. The number of nitrogens with two attached hydrogens (primary N) is 1. The van der Waals surface area contributed by atoms with Crippen LogP contribution in [0.3, 0.4) is 0 Å². The molecule has 1 rings (SSSR count). The number of nitrogens with one attached hydrogen (secondary N) is 1. The van der Waals surface area contributed by atoms with Gasteiger partial charge in [-0.2, -0.15) is 0 Å². The van der Waals surface area contributed by atoms with Crippen molar-refractivity contribution >= 4 is 5.69 Å². The van der Waals surface area contributed by atoms with Crippen molar-refractivity contribution in [2.75, 3.05) is 19.0 Å². The molecule has 0 aliphatic carbocycles. The van der Waals surface area contributed by atoms with E-state index >= 15 is 0 Å². The van der Waals surface area contributed by atoms with Crippen LogP contribution in [-0.4, -0.2) is 19.7 Å². The highest BCUT2D eigenvalue weighted by molar-refractivity contribution is 5.49. The minimum absolute atomic E-state index is 0.0381. The zero-order valence-electron chi connectivity index (χ0n) is 10.9. The Labute approximate surface area is 102 Å². The van der Waals surface area contributed by atoms with Crippen LogP contribution in [0.5, 0.6) is 5.75 Å². The summed E-state index contributed by atoms with van der Waals surface area (Å²) in [5, 5.41) is 3.30. The molecule has 4 heteroatoms. The normalized spacial score (nSPS) is 13.3. The summed E-state index contributed by atoms with van der Waals surface area (Å²) < 4.78 is 18.2. The van der Waals surface area contributed by atoms with Gasteiger partial charge in [-0.25, -0.2) is 4.39 Å². The molecule has 0 radical (unpaired) electrons.